The first-order valence-electron chi connectivity index (χ1n) is 6.39. The molecule has 0 saturated carbocycles. The second-order valence-electron chi connectivity index (χ2n) is 4.41. The molecule has 0 bridgehead atoms. The molecule has 0 unspecified atom stereocenters. The molecule has 3 N–H and O–H groups in total. The number of halogens is 1. The molecule has 0 aliphatic heterocycles. The number of nitrogens with one attached hydrogen (secondary N) is 1. The molecule has 1 atom stereocenters. The second kappa shape index (κ2) is 8.27. The molecule has 1 amide bonds. The van der Waals surface area contributed by atoms with Crippen LogP contribution in [0.2, 0.25) is 0 Å². The average Bonchev–Trinajstić information content (AvgIpc) is 2.35. The van der Waals surface area contributed by atoms with Crippen molar-refractivity contribution in [3.8, 4) is 0 Å². The molecular weight excluding hydrogens is 292 g/mol. The Hall–Kier alpha value is -0.870. The Morgan fingerprint density at radius 3 is 2.72 bits per heavy atom. The number of rotatable bonds is 7. The number of nitrogens with two attached hydrogens (primary N) is 1. The minimum atomic E-state index is 0.0302. The van der Waals surface area contributed by atoms with E-state index in [0.717, 1.165) is 29.3 Å². The molecule has 0 aromatic heterocycles. The number of benzene rings is 1. The summed E-state index contributed by atoms with van der Waals surface area (Å²) in [5.41, 5.74) is 6.52. The van der Waals surface area contributed by atoms with Gasteiger partial charge in [0.1, 0.15) is 0 Å². The molecule has 3 nitrogen and oxygen atoms in total. The standard InChI is InChI=1S/C14H21BrN2O/c1-11(12-7-4-5-8-13(12)15)17-14(18)9-3-2-6-10-16/h4-5,7-8,11H,2-3,6,9-10,16H2,1H3,(H,17,18)/t11-/m1/s1. The zero-order valence-corrected chi connectivity index (χ0v) is 12.4. The molecule has 0 saturated heterocycles. The van der Waals surface area contributed by atoms with E-state index in [-0.39, 0.29) is 11.9 Å². The van der Waals surface area contributed by atoms with Gasteiger partial charge in [0.25, 0.3) is 0 Å². The maximum atomic E-state index is 11.7. The van der Waals surface area contributed by atoms with Crippen molar-refractivity contribution in [2.75, 3.05) is 6.54 Å². The number of carbonyl (C=O) groups excluding carboxylic acids is 1. The maximum Gasteiger partial charge on any atom is 0.220 e. The van der Waals surface area contributed by atoms with Gasteiger partial charge >= 0.3 is 0 Å². The molecule has 100 valence electrons. The number of hydrogen-bond acceptors (Lipinski definition) is 2. The third kappa shape index (κ3) is 5.19. The van der Waals surface area contributed by atoms with Gasteiger partial charge in [-0.05, 0) is 37.9 Å². The highest BCUT2D eigenvalue weighted by Gasteiger charge is 2.11. The highest BCUT2D eigenvalue weighted by Crippen LogP contribution is 2.22. The monoisotopic (exact) mass is 312 g/mol. The fourth-order valence-corrected chi connectivity index (χ4v) is 2.45. The molecular formula is C14H21BrN2O. The minimum Gasteiger partial charge on any atom is -0.350 e. The van der Waals surface area contributed by atoms with E-state index in [2.05, 4.69) is 21.2 Å². The van der Waals surface area contributed by atoms with E-state index in [0.29, 0.717) is 13.0 Å². The number of carbonyl (C=O) groups is 1. The molecule has 0 aliphatic rings. The Labute approximate surface area is 117 Å². The maximum absolute atomic E-state index is 11.7. The molecule has 0 fully saturated rings. The van der Waals surface area contributed by atoms with Gasteiger partial charge in [-0.25, -0.2) is 0 Å². The lowest BCUT2D eigenvalue weighted by atomic mass is 10.1. The average molecular weight is 313 g/mol. The summed E-state index contributed by atoms with van der Waals surface area (Å²) in [6, 6.07) is 7.98. The third-order valence-electron chi connectivity index (χ3n) is 2.86. The first-order valence-corrected chi connectivity index (χ1v) is 7.18. The highest BCUT2D eigenvalue weighted by molar-refractivity contribution is 9.10. The topological polar surface area (TPSA) is 55.1 Å². The quantitative estimate of drug-likeness (QED) is 0.760. The largest absolute Gasteiger partial charge is 0.350 e. The lowest BCUT2D eigenvalue weighted by Gasteiger charge is -2.15. The molecule has 1 aromatic rings. The van der Waals surface area contributed by atoms with Gasteiger partial charge in [0.2, 0.25) is 5.91 Å². The highest BCUT2D eigenvalue weighted by atomic mass is 79.9. The van der Waals surface area contributed by atoms with Crippen LogP contribution in [0.25, 0.3) is 0 Å². The summed E-state index contributed by atoms with van der Waals surface area (Å²) in [4.78, 5) is 11.7. The second-order valence-corrected chi connectivity index (χ2v) is 5.26. The van der Waals surface area contributed by atoms with Gasteiger partial charge in [-0.2, -0.15) is 0 Å². The van der Waals surface area contributed by atoms with Crippen molar-refractivity contribution >= 4 is 21.8 Å². The number of hydrogen-bond donors (Lipinski definition) is 2. The van der Waals surface area contributed by atoms with E-state index in [1.165, 1.54) is 0 Å². The van der Waals surface area contributed by atoms with Crippen LogP contribution >= 0.6 is 15.9 Å². The van der Waals surface area contributed by atoms with Gasteiger partial charge in [-0.15, -0.1) is 0 Å². The molecule has 0 spiro atoms. The Morgan fingerprint density at radius 1 is 1.33 bits per heavy atom. The fraction of sp³-hybridized carbons (Fsp3) is 0.500. The van der Waals surface area contributed by atoms with Crippen molar-refractivity contribution < 1.29 is 4.79 Å². The predicted octanol–water partition coefficient (Wildman–Crippen LogP) is 3.15. The summed E-state index contributed by atoms with van der Waals surface area (Å²) in [6.07, 6.45) is 3.50. The van der Waals surface area contributed by atoms with Gasteiger partial charge in [-0.3, -0.25) is 4.79 Å². The summed E-state index contributed by atoms with van der Waals surface area (Å²) in [5, 5.41) is 3.01. The summed E-state index contributed by atoms with van der Waals surface area (Å²) in [6.45, 7) is 2.70. The van der Waals surface area contributed by atoms with Crippen LogP contribution in [0.3, 0.4) is 0 Å². The van der Waals surface area contributed by atoms with Crippen LogP contribution in [-0.4, -0.2) is 12.5 Å². The SMILES string of the molecule is C[C@@H](NC(=O)CCCCCN)c1ccccc1Br. The fourth-order valence-electron chi connectivity index (χ4n) is 1.82. The normalized spacial score (nSPS) is 12.2. The summed E-state index contributed by atoms with van der Waals surface area (Å²) >= 11 is 3.49. The van der Waals surface area contributed by atoms with Crippen molar-refractivity contribution in [1.82, 2.24) is 5.32 Å². The van der Waals surface area contributed by atoms with Crippen LogP contribution in [-0.2, 0) is 4.79 Å². The van der Waals surface area contributed by atoms with Crippen LogP contribution in [0.4, 0.5) is 0 Å². The van der Waals surface area contributed by atoms with Gasteiger partial charge in [-0.1, -0.05) is 40.5 Å². The van der Waals surface area contributed by atoms with E-state index in [9.17, 15) is 4.79 Å². The van der Waals surface area contributed by atoms with Crippen molar-refractivity contribution in [3.63, 3.8) is 0 Å². The summed E-state index contributed by atoms with van der Waals surface area (Å²) in [5.74, 6) is 0.107. The first-order chi connectivity index (χ1) is 8.65. The van der Waals surface area contributed by atoms with E-state index in [1.54, 1.807) is 0 Å². The van der Waals surface area contributed by atoms with Crippen LogP contribution in [0.5, 0.6) is 0 Å². The molecule has 4 heteroatoms. The lowest BCUT2D eigenvalue weighted by Crippen LogP contribution is -2.26. The zero-order chi connectivity index (χ0) is 13.4. The van der Waals surface area contributed by atoms with Gasteiger partial charge in [0.05, 0.1) is 6.04 Å². The van der Waals surface area contributed by atoms with E-state index in [1.807, 2.05) is 31.2 Å². The van der Waals surface area contributed by atoms with E-state index >= 15 is 0 Å². The Kier molecular flexibility index (Phi) is 6.98. The zero-order valence-electron chi connectivity index (χ0n) is 10.8. The molecule has 18 heavy (non-hydrogen) atoms. The predicted molar refractivity (Wildman–Crippen MR) is 78.2 cm³/mol. The molecule has 1 aromatic carbocycles. The molecule has 0 heterocycles. The van der Waals surface area contributed by atoms with Gasteiger partial charge in [0, 0.05) is 10.9 Å². The van der Waals surface area contributed by atoms with Crippen LogP contribution < -0.4 is 11.1 Å². The smallest absolute Gasteiger partial charge is 0.220 e. The van der Waals surface area contributed by atoms with Crippen molar-refractivity contribution in [2.24, 2.45) is 5.73 Å². The summed E-state index contributed by atoms with van der Waals surface area (Å²) in [7, 11) is 0. The lowest BCUT2D eigenvalue weighted by molar-refractivity contribution is -0.121. The molecule has 1 rings (SSSR count). The number of unbranched alkanes of at least 4 members (excludes halogenated alkanes) is 2. The Bertz CT molecular complexity index is 382. The van der Waals surface area contributed by atoms with E-state index < -0.39 is 0 Å². The van der Waals surface area contributed by atoms with Gasteiger partial charge in [0.15, 0.2) is 0 Å². The van der Waals surface area contributed by atoms with Crippen LogP contribution in [0, 0.1) is 0 Å². The van der Waals surface area contributed by atoms with Crippen molar-refractivity contribution in [1.29, 1.82) is 0 Å². The molecule has 0 radical (unpaired) electrons. The Balaban J connectivity index is 2.38. The van der Waals surface area contributed by atoms with E-state index in [4.69, 9.17) is 5.73 Å². The number of amides is 1. The third-order valence-corrected chi connectivity index (χ3v) is 3.58. The van der Waals surface area contributed by atoms with Crippen molar-refractivity contribution in [3.05, 3.63) is 34.3 Å². The molecule has 0 aliphatic carbocycles. The van der Waals surface area contributed by atoms with Gasteiger partial charge < -0.3 is 11.1 Å². The van der Waals surface area contributed by atoms with Crippen LogP contribution in [0.1, 0.15) is 44.2 Å². The van der Waals surface area contributed by atoms with Crippen molar-refractivity contribution in [2.45, 2.75) is 38.6 Å². The first kappa shape index (κ1) is 15.2. The Morgan fingerprint density at radius 2 is 2.06 bits per heavy atom. The minimum absolute atomic E-state index is 0.0302. The summed E-state index contributed by atoms with van der Waals surface area (Å²) < 4.78 is 1.03. The van der Waals surface area contributed by atoms with Crippen LogP contribution in [0.15, 0.2) is 28.7 Å².